The summed E-state index contributed by atoms with van der Waals surface area (Å²) in [4.78, 5) is 29.8. The van der Waals surface area contributed by atoms with Crippen LogP contribution >= 0.6 is 0 Å². The van der Waals surface area contributed by atoms with Crippen molar-refractivity contribution in [2.24, 2.45) is 23.7 Å². The van der Waals surface area contributed by atoms with Crippen LogP contribution in [-0.4, -0.2) is 209 Å². The van der Waals surface area contributed by atoms with Crippen LogP contribution in [0.15, 0.2) is 36.7 Å². The number of ether oxygens (including phenoxy) is 7. The standard InChI is InChI=1S/C56H91FN8O14/c1-16-45-56(11,72)49(68)35(6)63(13)27-31(2)24-54(9,71)51(33(4)46(34(5)52(70)78-45)44-25-55(10,74-15)50(69)36(7)77-44)79-53-47(67)42(23-32(3)76-53)62(12)22-21-39-28-65(61-58-39)43(26-57)48(73-14)38-17-19-41(20-18-38)64-29-40(59-60-64)30-75-37(8)66/h17-20,28-29,31-36,42-51,53,67-69,71-72H,16,21-27,30H2,1-15H3/t31-,32+,33-,34+,35+,36-,42-,43+,44?,45+,46-,47+,48+,49+,50-,51+,53-,54+,55+,56+/m0/s1. The molecule has 0 saturated carbocycles. The fraction of sp³-hybridized carbons (Fsp3) is 0.786. The highest BCUT2D eigenvalue weighted by Gasteiger charge is 2.55. The maximum absolute atomic E-state index is 15.0. The average Bonchev–Trinajstić information content (AvgIpc) is 4.09. The molecule has 0 amide bonds. The largest absolute Gasteiger partial charge is 0.459 e. The van der Waals surface area contributed by atoms with Gasteiger partial charge in [0, 0.05) is 71.3 Å². The van der Waals surface area contributed by atoms with Crippen LogP contribution < -0.4 is 0 Å². The van der Waals surface area contributed by atoms with Crippen molar-refractivity contribution < 1.29 is 72.7 Å². The molecule has 1 aromatic carbocycles. The molecule has 0 bridgehead atoms. The second-order valence-corrected chi connectivity index (χ2v) is 23.6. The molecular weight excluding hydrogens is 1030 g/mol. The summed E-state index contributed by atoms with van der Waals surface area (Å²) in [7, 11) is 6.73. The van der Waals surface area contributed by atoms with Gasteiger partial charge in [-0.15, -0.1) is 10.2 Å². The Morgan fingerprint density at radius 3 is 2.24 bits per heavy atom. The topological polar surface area (TPSA) is 268 Å². The van der Waals surface area contributed by atoms with Gasteiger partial charge in [0.15, 0.2) is 6.29 Å². The molecule has 3 fully saturated rings. The molecule has 0 aliphatic carbocycles. The smallest absolute Gasteiger partial charge is 0.309 e. The van der Waals surface area contributed by atoms with E-state index in [4.69, 9.17) is 33.2 Å². The molecule has 3 aliphatic rings. The van der Waals surface area contributed by atoms with E-state index in [0.717, 1.165) is 0 Å². The van der Waals surface area contributed by atoms with Gasteiger partial charge in [-0.1, -0.05) is 50.3 Å². The van der Waals surface area contributed by atoms with Crippen molar-refractivity contribution in [1.82, 2.24) is 39.8 Å². The van der Waals surface area contributed by atoms with E-state index in [1.807, 2.05) is 44.7 Å². The molecule has 79 heavy (non-hydrogen) atoms. The maximum Gasteiger partial charge on any atom is 0.309 e. The Bertz CT molecular complexity index is 2410. The third-order valence-electron chi connectivity index (χ3n) is 17.3. The first kappa shape index (κ1) is 64.1. The maximum atomic E-state index is 15.0. The quantitative estimate of drug-likeness (QED) is 0.120. The Kier molecular flexibility index (Phi) is 21.8. The fourth-order valence-corrected chi connectivity index (χ4v) is 12.5. The molecule has 5 N–H and O–H groups in total. The molecule has 20 atom stereocenters. The lowest BCUT2D eigenvalue weighted by Gasteiger charge is -2.51. The summed E-state index contributed by atoms with van der Waals surface area (Å²) in [6.45, 7) is 19.1. The van der Waals surface area contributed by atoms with E-state index in [-0.39, 0.29) is 31.8 Å². The predicted octanol–water partition coefficient (Wildman–Crippen LogP) is 3.92. The van der Waals surface area contributed by atoms with E-state index in [1.54, 1.807) is 82.9 Å². The molecule has 22 nitrogen and oxygen atoms in total. The number of aliphatic hydroxyl groups is 5. The van der Waals surface area contributed by atoms with Crippen LogP contribution in [0.2, 0.25) is 0 Å². The molecule has 446 valence electrons. The molecule has 0 spiro atoms. The molecule has 5 heterocycles. The number of likely N-dealkylation sites (N-methyl/N-ethyl adjacent to an activating group) is 2. The molecule has 23 heteroatoms. The highest BCUT2D eigenvalue weighted by atomic mass is 19.1. The number of benzene rings is 1. The number of aliphatic hydroxyl groups excluding tert-OH is 3. The van der Waals surface area contributed by atoms with Crippen LogP contribution in [0, 0.1) is 23.7 Å². The van der Waals surface area contributed by atoms with Crippen molar-refractivity contribution in [3.63, 3.8) is 0 Å². The zero-order chi connectivity index (χ0) is 58.5. The summed E-state index contributed by atoms with van der Waals surface area (Å²) in [6.07, 6.45) is -4.93. The van der Waals surface area contributed by atoms with Gasteiger partial charge >= 0.3 is 11.9 Å². The van der Waals surface area contributed by atoms with E-state index in [9.17, 15) is 35.1 Å². The second-order valence-electron chi connectivity index (χ2n) is 23.6. The summed E-state index contributed by atoms with van der Waals surface area (Å²) in [5, 5.41) is 77.2. The van der Waals surface area contributed by atoms with Crippen LogP contribution in [0.25, 0.3) is 5.69 Å². The van der Waals surface area contributed by atoms with Gasteiger partial charge in [-0.25, -0.2) is 13.8 Å². The van der Waals surface area contributed by atoms with Gasteiger partial charge in [-0.3, -0.25) is 9.59 Å². The normalized spacial score (nSPS) is 37.4. The van der Waals surface area contributed by atoms with Crippen LogP contribution in [0.4, 0.5) is 4.39 Å². The molecule has 3 saturated heterocycles. The van der Waals surface area contributed by atoms with Gasteiger partial charge in [-0.05, 0) is 104 Å². The molecule has 3 aliphatic heterocycles. The Morgan fingerprint density at radius 1 is 0.949 bits per heavy atom. The fourth-order valence-electron chi connectivity index (χ4n) is 12.5. The van der Waals surface area contributed by atoms with Crippen molar-refractivity contribution in [2.45, 2.75) is 211 Å². The number of methoxy groups -OCH3 is 2. The summed E-state index contributed by atoms with van der Waals surface area (Å²) >= 11 is 0. The number of nitrogens with zero attached hydrogens (tertiary/aromatic N) is 8. The minimum atomic E-state index is -1.84. The molecule has 2 aromatic heterocycles. The average molecular weight is 1120 g/mol. The lowest BCUT2D eigenvalue weighted by molar-refractivity contribution is -0.302. The van der Waals surface area contributed by atoms with Crippen LogP contribution in [0.3, 0.4) is 0 Å². The minimum absolute atomic E-state index is 0.00543. The van der Waals surface area contributed by atoms with Crippen LogP contribution in [0.5, 0.6) is 0 Å². The van der Waals surface area contributed by atoms with Crippen LogP contribution in [0.1, 0.15) is 131 Å². The Labute approximate surface area is 465 Å². The van der Waals surface area contributed by atoms with Crippen molar-refractivity contribution in [3.05, 3.63) is 53.6 Å². The lowest BCUT2D eigenvalue weighted by atomic mass is 9.68. The third kappa shape index (κ3) is 14.8. The van der Waals surface area contributed by atoms with E-state index in [1.165, 1.54) is 32.7 Å². The zero-order valence-electron chi connectivity index (χ0n) is 49.0. The summed E-state index contributed by atoms with van der Waals surface area (Å²) in [5.41, 5.74) is -2.13. The van der Waals surface area contributed by atoms with Crippen molar-refractivity contribution >= 4 is 11.9 Å². The van der Waals surface area contributed by atoms with E-state index >= 15 is 4.39 Å². The second kappa shape index (κ2) is 26.9. The van der Waals surface area contributed by atoms with Gasteiger partial charge in [0.2, 0.25) is 0 Å². The van der Waals surface area contributed by atoms with E-state index in [0.29, 0.717) is 48.6 Å². The third-order valence-corrected chi connectivity index (χ3v) is 17.3. The number of rotatable bonds is 17. The van der Waals surface area contributed by atoms with Crippen molar-refractivity contribution in [3.8, 4) is 5.69 Å². The van der Waals surface area contributed by atoms with Crippen LogP contribution in [-0.2, 0) is 55.8 Å². The summed E-state index contributed by atoms with van der Waals surface area (Å²) in [5.74, 6) is -3.75. The predicted molar refractivity (Wildman–Crippen MR) is 287 cm³/mol. The van der Waals surface area contributed by atoms with Gasteiger partial charge in [0.25, 0.3) is 0 Å². The Hall–Kier alpha value is -4.11. The summed E-state index contributed by atoms with van der Waals surface area (Å²) < 4.78 is 61.1. The van der Waals surface area contributed by atoms with Gasteiger partial charge in [-0.2, -0.15) is 0 Å². The van der Waals surface area contributed by atoms with Crippen molar-refractivity contribution in [2.75, 3.05) is 48.1 Å². The van der Waals surface area contributed by atoms with Gasteiger partial charge < -0.3 is 68.5 Å². The van der Waals surface area contributed by atoms with E-state index in [2.05, 4.69) is 20.6 Å². The Morgan fingerprint density at radius 2 is 1.62 bits per heavy atom. The number of hydrogen-bond acceptors (Lipinski definition) is 20. The monoisotopic (exact) mass is 1120 g/mol. The number of aromatic nitrogens is 6. The molecular formula is C56H91FN8O14. The summed E-state index contributed by atoms with van der Waals surface area (Å²) in [6, 6.07) is 5.26. The first-order valence-electron chi connectivity index (χ1n) is 27.9. The minimum Gasteiger partial charge on any atom is -0.459 e. The first-order valence-corrected chi connectivity index (χ1v) is 27.9. The molecule has 0 radical (unpaired) electrons. The Balaban J connectivity index is 1.24. The first-order chi connectivity index (χ1) is 37.1. The van der Waals surface area contributed by atoms with Crippen molar-refractivity contribution in [1.29, 1.82) is 0 Å². The van der Waals surface area contributed by atoms with Gasteiger partial charge in [0.05, 0.1) is 59.1 Å². The molecule has 3 aromatic rings. The SMILES string of the molecule is CC[C@H]1OC(=O)[C@H](C)[C@@H](C2C[C@@](C)(OC)[C@@H](O)[C@H](C)O2)[C@H](C)[C@@H](O[C@@H]2O[C@H](C)C[C@H](N(C)CCc3cn([C@H](CF)[C@H](OC)c4ccc(-n5cc(COC(C)=O)nn5)cc4)nn3)[C@H]2O)[C@](C)(O)C[C@H](C)CN(C)[C@H](C)[C@@H](O)[C@]1(C)O. The number of cyclic esters (lactones) is 1. The number of alkyl halides is 1. The number of halogens is 1. The molecule has 1 unspecified atom stereocenters. The van der Waals surface area contributed by atoms with E-state index < -0.39 is 133 Å². The lowest BCUT2D eigenvalue weighted by Crippen LogP contribution is -2.62. The number of carbonyl (C=O) groups is 2. The van der Waals surface area contributed by atoms with Gasteiger partial charge in [0.1, 0.15) is 61.1 Å². The highest BCUT2D eigenvalue weighted by molar-refractivity contribution is 5.73. The molecule has 6 rings (SSSR count). The highest BCUT2D eigenvalue weighted by Crippen LogP contribution is 2.45. The number of hydrogen-bond donors (Lipinski definition) is 5. The zero-order valence-corrected chi connectivity index (χ0v) is 49.0. The number of carbonyl (C=O) groups excluding carboxylic acids is 2. The number of esters is 2.